The Kier molecular flexibility index (Phi) is 4.59. The summed E-state index contributed by atoms with van der Waals surface area (Å²) in [6.45, 7) is 13.9. The van der Waals surface area contributed by atoms with Crippen molar-refractivity contribution < 1.29 is 4.79 Å². The fourth-order valence-electron chi connectivity index (χ4n) is 2.38. The maximum atomic E-state index is 12.3. The largest absolute Gasteiger partial charge is 0.325 e. The number of amides is 1. The van der Waals surface area contributed by atoms with E-state index in [0.717, 1.165) is 19.4 Å². The van der Waals surface area contributed by atoms with Gasteiger partial charge in [0, 0.05) is 6.54 Å². The second-order valence-corrected chi connectivity index (χ2v) is 6.80. The second kappa shape index (κ2) is 5.38. The maximum absolute atomic E-state index is 12.3. The summed E-state index contributed by atoms with van der Waals surface area (Å²) in [5.41, 5.74) is 0.162. The Balaban J connectivity index is 2.76. The van der Waals surface area contributed by atoms with Gasteiger partial charge in [-0.25, -0.2) is 0 Å². The molecule has 0 aromatic rings. The van der Waals surface area contributed by atoms with Crippen molar-refractivity contribution in [3.8, 4) is 0 Å². The predicted molar refractivity (Wildman–Crippen MR) is 71.6 cm³/mol. The molecular weight excluding hydrogens is 212 g/mol. The van der Waals surface area contributed by atoms with E-state index in [4.69, 9.17) is 0 Å². The molecule has 1 aliphatic rings. The summed E-state index contributed by atoms with van der Waals surface area (Å²) >= 11 is 0. The van der Waals surface area contributed by atoms with Gasteiger partial charge in [-0.05, 0) is 24.2 Å². The summed E-state index contributed by atoms with van der Waals surface area (Å²) in [6.07, 6.45) is 2.15. The molecule has 2 unspecified atom stereocenters. The molecule has 1 N–H and O–H groups in total. The van der Waals surface area contributed by atoms with Gasteiger partial charge in [0.1, 0.15) is 0 Å². The first-order valence-corrected chi connectivity index (χ1v) is 6.81. The van der Waals surface area contributed by atoms with E-state index < -0.39 is 0 Å². The van der Waals surface area contributed by atoms with E-state index in [1.54, 1.807) is 0 Å². The molecule has 3 heteroatoms. The van der Waals surface area contributed by atoms with Crippen molar-refractivity contribution in [1.82, 2.24) is 10.2 Å². The Hall–Kier alpha value is -0.570. The maximum Gasteiger partial charge on any atom is 0.241 e. The van der Waals surface area contributed by atoms with E-state index in [1.807, 2.05) is 4.90 Å². The van der Waals surface area contributed by atoms with E-state index in [0.29, 0.717) is 5.92 Å². The van der Waals surface area contributed by atoms with Gasteiger partial charge in [-0.1, -0.05) is 41.5 Å². The molecule has 2 atom stereocenters. The van der Waals surface area contributed by atoms with Crippen molar-refractivity contribution in [2.45, 2.75) is 66.6 Å². The van der Waals surface area contributed by atoms with Crippen LogP contribution in [0.3, 0.4) is 0 Å². The summed E-state index contributed by atoms with van der Waals surface area (Å²) < 4.78 is 0. The Labute approximate surface area is 106 Å². The highest BCUT2D eigenvalue weighted by Gasteiger charge is 2.39. The number of hydrogen-bond donors (Lipinski definition) is 1. The lowest BCUT2D eigenvalue weighted by Gasteiger charge is -2.31. The molecule has 0 aromatic carbocycles. The van der Waals surface area contributed by atoms with E-state index in [9.17, 15) is 4.79 Å². The van der Waals surface area contributed by atoms with Gasteiger partial charge in [0.2, 0.25) is 5.91 Å². The standard InChI is InChI=1S/C14H28N2O/c1-7-11-13(17)16(9-14(4,5)6)12(15-11)8-10(2)3/h10-12,15H,7-9H2,1-6H3. The SMILES string of the molecule is CCC1NC(CC(C)C)N(CC(C)(C)C)C1=O. The first-order valence-electron chi connectivity index (χ1n) is 6.81. The van der Waals surface area contributed by atoms with Gasteiger partial charge in [0.15, 0.2) is 0 Å². The van der Waals surface area contributed by atoms with Gasteiger partial charge < -0.3 is 4.90 Å². The molecule has 1 heterocycles. The van der Waals surface area contributed by atoms with Crippen molar-refractivity contribution >= 4 is 5.91 Å². The van der Waals surface area contributed by atoms with Crippen LogP contribution in [0.2, 0.25) is 0 Å². The summed E-state index contributed by atoms with van der Waals surface area (Å²) in [5.74, 6) is 0.895. The van der Waals surface area contributed by atoms with Crippen LogP contribution in [0.1, 0.15) is 54.4 Å². The Morgan fingerprint density at radius 2 is 1.94 bits per heavy atom. The highest BCUT2D eigenvalue weighted by Crippen LogP contribution is 2.24. The molecule has 100 valence electrons. The highest BCUT2D eigenvalue weighted by atomic mass is 16.2. The van der Waals surface area contributed by atoms with Crippen LogP contribution in [0, 0.1) is 11.3 Å². The molecule has 3 nitrogen and oxygen atoms in total. The summed E-state index contributed by atoms with van der Waals surface area (Å²) in [7, 11) is 0. The number of nitrogens with one attached hydrogen (secondary N) is 1. The predicted octanol–water partition coefficient (Wildman–Crippen LogP) is 2.62. The zero-order valence-electron chi connectivity index (χ0n) is 12.2. The smallest absolute Gasteiger partial charge is 0.241 e. The van der Waals surface area contributed by atoms with Crippen LogP contribution < -0.4 is 5.32 Å². The van der Waals surface area contributed by atoms with E-state index in [2.05, 4.69) is 46.9 Å². The Morgan fingerprint density at radius 3 is 2.35 bits per heavy atom. The van der Waals surface area contributed by atoms with Crippen LogP contribution in [-0.4, -0.2) is 29.6 Å². The van der Waals surface area contributed by atoms with Crippen molar-refractivity contribution in [3.63, 3.8) is 0 Å². The average Bonchev–Trinajstić information content (AvgIpc) is 2.42. The Bertz CT molecular complexity index is 268. The minimum Gasteiger partial charge on any atom is -0.325 e. The van der Waals surface area contributed by atoms with Crippen molar-refractivity contribution in [1.29, 1.82) is 0 Å². The van der Waals surface area contributed by atoms with Crippen molar-refractivity contribution in [2.75, 3.05) is 6.54 Å². The van der Waals surface area contributed by atoms with E-state index in [1.165, 1.54) is 0 Å². The van der Waals surface area contributed by atoms with E-state index >= 15 is 0 Å². The second-order valence-electron chi connectivity index (χ2n) is 6.80. The fourth-order valence-corrected chi connectivity index (χ4v) is 2.38. The quantitative estimate of drug-likeness (QED) is 0.819. The zero-order chi connectivity index (χ0) is 13.2. The molecular formula is C14H28N2O. The molecule has 0 saturated carbocycles. The summed E-state index contributed by atoms with van der Waals surface area (Å²) in [5, 5.41) is 3.47. The topological polar surface area (TPSA) is 32.3 Å². The van der Waals surface area contributed by atoms with Gasteiger partial charge in [0.05, 0.1) is 12.2 Å². The normalized spacial score (nSPS) is 26.1. The van der Waals surface area contributed by atoms with Gasteiger partial charge in [-0.15, -0.1) is 0 Å². The summed E-state index contributed by atoms with van der Waals surface area (Å²) in [4.78, 5) is 14.3. The van der Waals surface area contributed by atoms with Crippen LogP contribution in [0.25, 0.3) is 0 Å². The molecule has 0 spiro atoms. The monoisotopic (exact) mass is 240 g/mol. The minimum atomic E-state index is 0.0288. The molecule has 1 amide bonds. The lowest BCUT2D eigenvalue weighted by Crippen LogP contribution is -2.42. The fraction of sp³-hybridized carbons (Fsp3) is 0.929. The first-order chi connectivity index (χ1) is 7.74. The van der Waals surface area contributed by atoms with Crippen LogP contribution in [-0.2, 0) is 4.79 Å². The third kappa shape index (κ3) is 3.98. The van der Waals surface area contributed by atoms with Gasteiger partial charge >= 0.3 is 0 Å². The zero-order valence-corrected chi connectivity index (χ0v) is 12.2. The molecule has 0 aromatic heterocycles. The Morgan fingerprint density at radius 1 is 1.35 bits per heavy atom. The summed E-state index contributed by atoms with van der Waals surface area (Å²) in [6, 6.07) is 0.0288. The molecule has 1 rings (SSSR count). The molecule has 1 saturated heterocycles. The molecule has 1 aliphatic heterocycles. The minimum absolute atomic E-state index is 0.0288. The lowest BCUT2D eigenvalue weighted by atomic mass is 9.95. The lowest BCUT2D eigenvalue weighted by molar-refractivity contribution is -0.131. The van der Waals surface area contributed by atoms with Crippen molar-refractivity contribution in [3.05, 3.63) is 0 Å². The molecule has 1 fully saturated rings. The van der Waals surface area contributed by atoms with Gasteiger partial charge in [0.25, 0.3) is 0 Å². The third-order valence-electron chi connectivity index (χ3n) is 3.10. The first kappa shape index (κ1) is 14.5. The van der Waals surface area contributed by atoms with Crippen LogP contribution in [0.15, 0.2) is 0 Å². The number of carbonyl (C=O) groups excluding carboxylic acids is 1. The average molecular weight is 240 g/mol. The van der Waals surface area contributed by atoms with Crippen LogP contribution in [0.5, 0.6) is 0 Å². The number of hydrogen-bond acceptors (Lipinski definition) is 2. The van der Waals surface area contributed by atoms with Crippen LogP contribution >= 0.6 is 0 Å². The van der Waals surface area contributed by atoms with Crippen molar-refractivity contribution in [2.24, 2.45) is 11.3 Å². The molecule has 0 radical (unpaired) electrons. The van der Waals surface area contributed by atoms with Gasteiger partial charge in [-0.3, -0.25) is 10.1 Å². The van der Waals surface area contributed by atoms with Crippen LogP contribution in [0.4, 0.5) is 0 Å². The molecule has 0 bridgehead atoms. The number of carbonyl (C=O) groups is 1. The van der Waals surface area contributed by atoms with E-state index in [-0.39, 0.29) is 23.5 Å². The molecule has 17 heavy (non-hydrogen) atoms. The van der Waals surface area contributed by atoms with Gasteiger partial charge in [-0.2, -0.15) is 0 Å². The third-order valence-corrected chi connectivity index (χ3v) is 3.10. The highest BCUT2D eigenvalue weighted by molar-refractivity contribution is 5.84. The number of rotatable bonds is 4. The molecule has 0 aliphatic carbocycles. The number of nitrogens with zero attached hydrogens (tertiary/aromatic N) is 1.